The number of hydrogen-bond acceptors (Lipinski definition) is 2. The smallest absolute Gasteiger partial charge is 0.122 e. The van der Waals surface area contributed by atoms with Gasteiger partial charge in [-0.05, 0) is 30.2 Å². The van der Waals surface area contributed by atoms with Crippen molar-refractivity contribution >= 4 is 15.9 Å². The van der Waals surface area contributed by atoms with E-state index in [1.807, 2.05) is 18.2 Å². The van der Waals surface area contributed by atoms with Gasteiger partial charge >= 0.3 is 0 Å². The Bertz CT molecular complexity index is 312. The fraction of sp³-hybridized carbons (Fsp3) is 0.500. The largest absolute Gasteiger partial charge is 0.496 e. The van der Waals surface area contributed by atoms with Gasteiger partial charge in [0.15, 0.2) is 0 Å². The lowest BCUT2D eigenvalue weighted by Gasteiger charge is -2.13. The summed E-state index contributed by atoms with van der Waals surface area (Å²) in [5, 5.41) is 9.74. The van der Waals surface area contributed by atoms with Crippen LogP contribution in [0.3, 0.4) is 0 Å². The highest BCUT2D eigenvalue weighted by Crippen LogP contribution is 2.24. The lowest BCUT2D eigenvalue weighted by Crippen LogP contribution is -2.10. The minimum atomic E-state index is -0.279. The van der Waals surface area contributed by atoms with Crippen LogP contribution in [-0.4, -0.2) is 18.3 Å². The zero-order valence-corrected chi connectivity index (χ0v) is 10.8. The molecule has 0 amide bonds. The van der Waals surface area contributed by atoms with Crippen molar-refractivity contribution in [2.45, 2.75) is 32.3 Å². The Hall–Kier alpha value is -0.540. The van der Waals surface area contributed by atoms with E-state index in [0.29, 0.717) is 6.42 Å². The van der Waals surface area contributed by atoms with Crippen LogP contribution >= 0.6 is 15.9 Å². The second-order valence-corrected chi connectivity index (χ2v) is 4.52. The molecule has 0 spiro atoms. The molecule has 2 nitrogen and oxygen atoms in total. The first kappa shape index (κ1) is 12.5. The molecule has 84 valence electrons. The van der Waals surface area contributed by atoms with Gasteiger partial charge in [0.05, 0.1) is 13.2 Å². The van der Waals surface area contributed by atoms with Crippen LogP contribution < -0.4 is 4.74 Å². The number of hydrogen-bond donors (Lipinski definition) is 1. The predicted molar refractivity (Wildman–Crippen MR) is 65.3 cm³/mol. The second kappa shape index (κ2) is 6.13. The van der Waals surface area contributed by atoms with Gasteiger partial charge < -0.3 is 9.84 Å². The van der Waals surface area contributed by atoms with Crippen molar-refractivity contribution in [3.8, 4) is 5.75 Å². The summed E-state index contributed by atoms with van der Waals surface area (Å²) >= 11 is 3.42. The SMILES string of the molecule is CCCC(O)Cc1cc(Br)ccc1OC. The normalized spacial score (nSPS) is 12.5. The molecule has 15 heavy (non-hydrogen) atoms. The van der Waals surface area contributed by atoms with Crippen molar-refractivity contribution < 1.29 is 9.84 Å². The van der Waals surface area contributed by atoms with E-state index in [2.05, 4.69) is 22.9 Å². The number of ether oxygens (including phenoxy) is 1. The standard InChI is InChI=1S/C12H17BrO2/c1-3-4-11(14)8-9-7-10(13)5-6-12(9)15-2/h5-7,11,14H,3-4,8H2,1-2H3. The maximum atomic E-state index is 9.74. The maximum absolute atomic E-state index is 9.74. The van der Waals surface area contributed by atoms with Gasteiger partial charge in [-0.25, -0.2) is 0 Å². The van der Waals surface area contributed by atoms with Gasteiger partial charge in [-0.15, -0.1) is 0 Å². The molecule has 1 unspecified atom stereocenters. The molecule has 3 heteroatoms. The molecule has 1 aromatic carbocycles. The Morgan fingerprint density at radius 2 is 2.20 bits per heavy atom. The number of methoxy groups -OCH3 is 1. The van der Waals surface area contributed by atoms with E-state index in [-0.39, 0.29) is 6.10 Å². The summed E-state index contributed by atoms with van der Waals surface area (Å²) < 4.78 is 6.26. The third-order valence-electron chi connectivity index (χ3n) is 2.32. The molecule has 0 aliphatic carbocycles. The first-order valence-electron chi connectivity index (χ1n) is 5.17. The van der Waals surface area contributed by atoms with Gasteiger partial charge in [-0.3, -0.25) is 0 Å². The molecule has 1 rings (SSSR count). The zero-order valence-electron chi connectivity index (χ0n) is 9.16. The van der Waals surface area contributed by atoms with E-state index in [1.165, 1.54) is 0 Å². The summed E-state index contributed by atoms with van der Waals surface area (Å²) in [5.41, 5.74) is 1.05. The minimum Gasteiger partial charge on any atom is -0.496 e. The second-order valence-electron chi connectivity index (χ2n) is 3.60. The van der Waals surface area contributed by atoms with Gasteiger partial charge in [-0.1, -0.05) is 29.3 Å². The summed E-state index contributed by atoms with van der Waals surface area (Å²) in [6, 6.07) is 5.85. The third-order valence-corrected chi connectivity index (χ3v) is 2.81. The van der Waals surface area contributed by atoms with E-state index in [1.54, 1.807) is 7.11 Å². The van der Waals surface area contributed by atoms with Crippen LogP contribution in [0.1, 0.15) is 25.3 Å². The lowest BCUT2D eigenvalue weighted by atomic mass is 10.0. The molecule has 0 aliphatic rings. The minimum absolute atomic E-state index is 0.279. The first-order chi connectivity index (χ1) is 7.17. The van der Waals surface area contributed by atoms with Crippen LogP contribution in [0.4, 0.5) is 0 Å². The van der Waals surface area contributed by atoms with Crippen molar-refractivity contribution in [2.24, 2.45) is 0 Å². The summed E-state index contributed by atoms with van der Waals surface area (Å²) in [5.74, 6) is 0.841. The molecular formula is C12H17BrO2. The summed E-state index contributed by atoms with van der Waals surface area (Å²) in [6.07, 6.45) is 2.20. The van der Waals surface area contributed by atoms with Crippen molar-refractivity contribution in [2.75, 3.05) is 7.11 Å². The molecule has 1 atom stereocenters. The van der Waals surface area contributed by atoms with Crippen molar-refractivity contribution in [1.82, 2.24) is 0 Å². The highest BCUT2D eigenvalue weighted by molar-refractivity contribution is 9.10. The molecule has 0 aromatic heterocycles. The maximum Gasteiger partial charge on any atom is 0.122 e. The van der Waals surface area contributed by atoms with Crippen LogP contribution in [-0.2, 0) is 6.42 Å². The van der Waals surface area contributed by atoms with Crippen LogP contribution in [0.15, 0.2) is 22.7 Å². The van der Waals surface area contributed by atoms with Crippen LogP contribution in [0.25, 0.3) is 0 Å². The van der Waals surface area contributed by atoms with Crippen molar-refractivity contribution in [3.63, 3.8) is 0 Å². The van der Waals surface area contributed by atoms with E-state index in [0.717, 1.165) is 28.6 Å². The number of aliphatic hydroxyl groups is 1. The fourth-order valence-corrected chi connectivity index (χ4v) is 2.00. The number of aliphatic hydroxyl groups excluding tert-OH is 1. The Labute approximate surface area is 99.4 Å². The van der Waals surface area contributed by atoms with E-state index >= 15 is 0 Å². The van der Waals surface area contributed by atoms with Gasteiger partial charge in [-0.2, -0.15) is 0 Å². The average Bonchev–Trinajstić information content (AvgIpc) is 2.18. The predicted octanol–water partition coefficient (Wildman–Crippen LogP) is 3.16. The first-order valence-corrected chi connectivity index (χ1v) is 5.97. The topological polar surface area (TPSA) is 29.5 Å². The molecule has 0 aliphatic heterocycles. The quantitative estimate of drug-likeness (QED) is 0.893. The summed E-state index contributed by atoms with van der Waals surface area (Å²) in [7, 11) is 1.65. The summed E-state index contributed by atoms with van der Waals surface area (Å²) in [6.45, 7) is 2.07. The molecule has 0 radical (unpaired) electrons. The van der Waals surface area contributed by atoms with E-state index in [9.17, 15) is 5.11 Å². The van der Waals surface area contributed by atoms with E-state index in [4.69, 9.17) is 4.74 Å². The Morgan fingerprint density at radius 1 is 1.47 bits per heavy atom. The highest BCUT2D eigenvalue weighted by Gasteiger charge is 2.09. The fourth-order valence-electron chi connectivity index (χ4n) is 1.60. The Balaban J connectivity index is 2.77. The van der Waals surface area contributed by atoms with Crippen LogP contribution in [0.5, 0.6) is 5.75 Å². The van der Waals surface area contributed by atoms with Gasteiger partial charge in [0.1, 0.15) is 5.75 Å². The van der Waals surface area contributed by atoms with Gasteiger partial charge in [0.25, 0.3) is 0 Å². The number of halogens is 1. The molecule has 0 fully saturated rings. The Morgan fingerprint density at radius 3 is 2.80 bits per heavy atom. The van der Waals surface area contributed by atoms with Gasteiger partial charge in [0.2, 0.25) is 0 Å². The molecular weight excluding hydrogens is 256 g/mol. The van der Waals surface area contributed by atoms with Gasteiger partial charge in [0, 0.05) is 10.9 Å². The monoisotopic (exact) mass is 272 g/mol. The Kier molecular flexibility index (Phi) is 5.12. The molecule has 0 saturated carbocycles. The lowest BCUT2D eigenvalue weighted by molar-refractivity contribution is 0.163. The number of rotatable bonds is 5. The molecule has 0 saturated heterocycles. The van der Waals surface area contributed by atoms with Crippen LogP contribution in [0.2, 0.25) is 0 Å². The average molecular weight is 273 g/mol. The summed E-state index contributed by atoms with van der Waals surface area (Å²) in [4.78, 5) is 0. The molecule has 1 aromatic rings. The van der Waals surface area contributed by atoms with Crippen molar-refractivity contribution in [1.29, 1.82) is 0 Å². The highest BCUT2D eigenvalue weighted by atomic mass is 79.9. The molecule has 0 bridgehead atoms. The van der Waals surface area contributed by atoms with E-state index < -0.39 is 0 Å². The van der Waals surface area contributed by atoms with Crippen LogP contribution in [0, 0.1) is 0 Å². The third kappa shape index (κ3) is 3.84. The molecule has 1 N–H and O–H groups in total. The molecule has 0 heterocycles. The number of benzene rings is 1. The zero-order chi connectivity index (χ0) is 11.3. The van der Waals surface area contributed by atoms with Crippen molar-refractivity contribution in [3.05, 3.63) is 28.2 Å².